The number of nitrogen functional groups attached to an aromatic ring is 1. The Labute approximate surface area is 169 Å². The molecule has 3 rings (SSSR count). The third-order valence-electron chi connectivity index (χ3n) is 5.59. The molecule has 0 aromatic heterocycles. The van der Waals surface area contributed by atoms with Crippen LogP contribution in [-0.2, 0) is 10.3 Å². The first-order chi connectivity index (χ1) is 13.1. The van der Waals surface area contributed by atoms with Crippen molar-refractivity contribution in [1.29, 1.82) is 0 Å². The number of methoxy groups -OCH3 is 1. The number of amidine groups is 1. The van der Waals surface area contributed by atoms with Crippen molar-refractivity contribution in [3.05, 3.63) is 29.6 Å². The van der Waals surface area contributed by atoms with Gasteiger partial charge in [0.05, 0.1) is 6.10 Å². The summed E-state index contributed by atoms with van der Waals surface area (Å²) in [5.41, 5.74) is 5.15. The predicted molar refractivity (Wildman–Crippen MR) is 110 cm³/mol. The number of nitrogens with zero attached hydrogens (tertiary/aromatic N) is 2. The van der Waals surface area contributed by atoms with Crippen LogP contribution in [0.25, 0.3) is 0 Å². The molecule has 1 aliphatic carbocycles. The normalized spacial score (nSPS) is 27.7. The average molecular weight is 410 g/mol. The number of carboxylic acid groups (broad SMARTS) is 1. The van der Waals surface area contributed by atoms with Crippen LogP contribution in [0.1, 0.15) is 45.6 Å². The summed E-state index contributed by atoms with van der Waals surface area (Å²) in [5.74, 6) is 0.287. The molecule has 2 aliphatic rings. The molecule has 0 bridgehead atoms. The standard InChI is InChI=1S/C20H28FN3O3S/c1-19(2,3)24(18(25)26)17-23-20(14-10-13(22)8-9-15(14)21)12(11-28-17)6-5-7-16(20)27-4/h8-10,12,16H,5-7,11,22H2,1-4H3,(H,25,26)/t12-,16?,20-/m0/s1. The fourth-order valence-corrected chi connectivity index (χ4v) is 5.83. The van der Waals surface area contributed by atoms with E-state index in [9.17, 15) is 9.90 Å². The zero-order valence-electron chi connectivity index (χ0n) is 16.7. The summed E-state index contributed by atoms with van der Waals surface area (Å²) in [6.07, 6.45) is 1.13. The van der Waals surface area contributed by atoms with Gasteiger partial charge in [-0.2, -0.15) is 0 Å². The van der Waals surface area contributed by atoms with E-state index in [1.165, 1.54) is 28.8 Å². The highest BCUT2D eigenvalue weighted by Crippen LogP contribution is 2.52. The molecule has 3 atom stereocenters. The number of benzene rings is 1. The lowest BCUT2D eigenvalue weighted by Crippen LogP contribution is -2.56. The molecule has 1 aromatic rings. The minimum atomic E-state index is -1.08. The predicted octanol–water partition coefficient (Wildman–Crippen LogP) is 4.30. The van der Waals surface area contributed by atoms with Crippen molar-refractivity contribution in [2.45, 2.75) is 57.2 Å². The van der Waals surface area contributed by atoms with Crippen LogP contribution in [0.5, 0.6) is 0 Å². The van der Waals surface area contributed by atoms with Crippen molar-refractivity contribution in [1.82, 2.24) is 4.90 Å². The van der Waals surface area contributed by atoms with Gasteiger partial charge in [0.1, 0.15) is 11.4 Å². The Bertz CT molecular complexity index is 795. The van der Waals surface area contributed by atoms with Crippen LogP contribution in [0.2, 0.25) is 0 Å². The Hall–Kier alpha value is -1.80. The van der Waals surface area contributed by atoms with E-state index in [0.717, 1.165) is 19.3 Å². The lowest BCUT2D eigenvalue weighted by atomic mass is 9.67. The van der Waals surface area contributed by atoms with E-state index in [4.69, 9.17) is 15.5 Å². The van der Waals surface area contributed by atoms with Gasteiger partial charge in [-0.25, -0.2) is 14.2 Å². The van der Waals surface area contributed by atoms with Gasteiger partial charge in [-0.05, 0) is 51.8 Å². The van der Waals surface area contributed by atoms with Crippen LogP contribution in [0.15, 0.2) is 23.2 Å². The molecule has 28 heavy (non-hydrogen) atoms. The fourth-order valence-electron chi connectivity index (χ4n) is 4.36. The van der Waals surface area contributed by atoms with Gasteiger partial charge in [-0.1, -0.05) is 18.2 Å². The highest BCUT2D eigenvalue weighted by atomic mass is 32.2. The van der Waals surface area contributed by atoms with E-state index in [-0.39, 0.29) is 12.0 Å². The molecule has 154 valence electrons. The number of thioether (sulfide) groups is 1. The van der Waals surface area contributed by atoms with Crippen molar-refractivity contribution in [3.8, 4) is 0 Å². The Morgan fingerprint density at radius 2 is 2.14 bits per heavy atom. The van der Waals surface area contributed by atoms with Crippen LogP contribution < -0.4 is 5.73 Å². The zero-order valence-corrected chi connectivity index (χ0v) is 17.6. The molecule has 1 saturated carbocycles. The first kappa shape index (κ1) is 20.9. The Morgan fingerprint density at radius 1 is 1.43 bits per heavy atom. The van der Waals surface area contributed by atoms with Crippen LogP contribution in [0, 0.1) is 11.7 Å². The summed E-state index contributed by atoms with van der Waals surface area (Å²) in [6.45, 7) is 5.45. The quantitative estimate of drug-likeness (QED) is 0.711. The molecule has 1 amide bonds. The first-order valence-corrected chi connectivity index (χ1v) is 10.4. The van der Waals surface area contributed by atoms with E-state index in [0.29, 0.717) is 22.2 Å². The number of aliphatic imine (C=N–C) groups is 1. The van der Waals surface area contributed by atoms with E-state index in [2.05, 4.69) is 0 Å². The van der Waals surface area contributed by atoms with Gasteiger partial charge in [-0.3, -0.25) is 4.90 Å². The molecule has 1 aromatic carbocycles. The second-order valence-electron chi connectivity index (χ2n) is 8.41. The monoisotopic (exact) mass is 409 g/mol. The SMILES string of the molecule is COC1CCC[C@H]2CSC(N(C(=O)O)C(C)(C)C)=N[C@@]12c1cc(N)ccc1F. The molecule has 1 unspecified atom stereocenters. The number of ether oxygens (including phenoxy) is 1. The number of nitrogens with two attached hydrogens (primary N) is 1. The lowest BCUT2D eigenvalue weighted by Gasteiger charge is -2.50. The van der Waals surface area contributed by atoms with Gasteiger partial charge < -0.3 is 15.6 Å². The van der Waals surface area contributed by atoms with Gasteiger partial charge in [0.25, 0.3) is 0 Å². The molecular formula is C20H28FN3O3S. The highest BCUT2D eigenvalue weighted by Gasteiger charge is 2.54. The summed E-state index contributed by atoms with van der Waals surface area (Å²) in [7, 11) is 1.61. The number of anilines is 1. The summed E-state index contributed by atoms with van der Waals surface area (Å²) in [4.78, 5) is 18.2. The van der Waals surface area contributed by atoms with Gasteiger partial charge in [-0.15, -0.1) is 0 Å². The maximum absolute atomic E-state index is 15.0. The van der Waals surface area contributed by atoms with Crippen molar-refractivity contribution in [2.24, 2.45) is 10.9 Å². The Morgan fingerprint density at radius 3 is 2.75 bits per heavy atom. The van der Waals surface area contributed by atoms with Gasteiger partial charge in [0, 0.05) is 35.6 Å². The van der Waals surface area contributed by atoms with E-state index < -0.39 is 23.0 Å². The topological polar surface area (TPSA) is 88.1 Å². The molecule has 3 N–H and O–H groups in total. The summed E-state index contributed by atoms with van der Waals surface area (Å²) in [5, 5.41) is 10.2. The second-order valence-corrected chi connectivity index (χ2v) is 9.40. The van der Waals surface area contributed by atoms with Crippen molar-refractivity contribution in [2.75, 3.05) is 18.6 Å². The smallest absolute Gasteiger partial charge is 0.413 e. The third-order valence-corrected chi connectivity index (χ3v) is 6.69. The number of carbonyl (C=O) groups is 1. The molecule has 1 heterocycles. The summed E-state index contributed by atoms with van der Waals surface area (Å²) >= 11 is 1.41. The summed E-state index contributed by atoms with van der Waals surface area (Å²) in [6, 6.07) is 4.50. The molecule has 0 radical (unpaired) electrons. The van der Waals surface area contributed by atoms with Gasteiger partial charge in [0.15, 0.2) is 5.17 Å². The van der Waals surface area contributed by atoms with E-state index in [1.54, 1.807) is 13.2 Å². The molecule has 0 spiro atoms. The molecule has 6 nitrogen and oxygen atoms in total. The number of rotatable bonds is 2. The summed E-state index contributed by atoms with van der Waals surface area (Å²) < 4.78 is 20.8. The maximum atomic E-state index is 15.0. The van der Waals surface area contributed by atoms with Crippen LogP contribution >= 0.6 is 11.8 Å². The molecule has 8 heteroatoms. The zero-order chi connectivity index (χ0) is 20.7. The number of halogens is 1. The maximum Gasteiger partial charge on any atom is 0.413 e. The molecule has 1 fully saturated rings. The number of hydrogen-bond donors (Lipinski definition) is 2. The van der Waals surface area contributed by atoms with Crippen molar-refractivity contribution < 1.29 is 19.0 Å². The number of fused-ring (bicyclic) bond motifs is 1. The molecular weight excluding hydrogens is 381 g/mol. The van der Waals surface area contributed by atoms with E-state index >= 15 is 4.39 Å². The van der Waals surface area contributed by atoms with E-state index in [1.807, 2.05) is 20.8 Å². The second kappa shape index (κ2) is 7.55. The lowest BCUT2D eigenvalue weighted by molar-refractivity contribution is -0.0227. The van der Waals surface area contributed by atoms with Crippen molar-refractivity contribution >= 4 is 28.7 Å². The molecule has 0 saturated heterocycles. The highest BCUT2D eigenvalue weighted by molar-refractivity contribution is 8.13. The van der Waals surface area contributed by atoms with Crippen LogP contribution in [-0.4, -0.2) is 45.8 Å². The van der Waals surface area contributed by atoms with Gasteiger partial charge >= 0.3 is 6.09 Å². The van der Waals surface area contributed by atoms with Crippen LogP contribution in [0.4, 0.5) is 14.9 Å². The minimum absolute atomic E-state index is 0.0341. The first-order valence-electron chi connectivity index (χ1n) is 9.45. The minimum Gasteiger partial charge on any atom is -0.465 e. The fraction of sp³-hybridized carbons (Fsp3) is 0.600. The van der Waals surface area contributed by atoms with Crippen molar-refractivity contribution in [3.63, 3.8) is 0 Å². The third kappa shape index (κ3) is 3.48. The van der Waals surface area contributed by atoms with Gasteiger partial charge in [0.2, 0.25) is 0 Å². The number of amides is 1. The largest absolute Gasteiger partial charge is 0.465 e. The Balaban J connectivity index is 2.26. The average Bonchev–Trinajstić information content (AvgIpc) is 2.61. The van der Waals surface area contributed by atoms with Crippen LogP contribution in [0.3, 0.4) is 0 Å². The molecule has 1 aliphatic heterocycles. The Kier molecular flexibility index (Phi) is 5.64. The number of hydrogen-bond acceptors (Lipinski definition) is 5.